The minimum Gasteiger partial charge on any atom is -0.315 e. The Morgan fingerprint density at radius 1 is 1.56 bits per heavy atom. The zero-order valence-corrected chi connectivity index (χ0v) is 9.69. The Hall–Kier alpha value is -1.57. The van der Waals surface area contributed by atoms with Crippen LogP contribution in [0.4, 0.5) is 19.0 Å². The van der Waals surface area contributed by atoms with Crippen molar-refractivity contribution >= 4 is 11.7 Å². The van der Waals surface area contributed by atoms with Gasteiger partial charge in [-0.15, -0.1) is 0 Å². The summed E-state index contributed by atoms with van der Waals surface area (Å²) in [4.78, 5) is 11.9. The number of carbonyl (C=O) groups is 1. The molecular formula is C10H13F3N4O. The van der Waals surface area contributed by atoms with Crippen molar-refractivity contribution in [2.45, 2.75) is 19.5 Å². The number of aromatic amines is 1. The molecule has 0 aliphatic carbocycles. The molecule has 2 heterocycles. The second-order valence-electron chi connectivity index (χ2n) is 4.40. The molecule has 0 aromatic carbocycles. The molecule has 1 saturated heterocycles. The maximum absolute atomic E-state index is 13.0. The number of anilines is 1. The molecule has 1 aromatic rings. The summed E-state index contributed by atoms with van der Waals surface area (Å²) in [5.74, 6) is -0.959. The van der Waals surface area contributed by atoms with Crippen molar-refractivity contribution in [2.24, 2.45) is 5.41 Å². The quantitative estimate of drug-likeness (QED) is 0.750. The fraction of sp³-hybridized carbons (Fsp3) is 0.600. The van der Waals surface area contributed by atoms with Crippen molar-refractivity contribution in [1.29, 1.82) is 0 Å². The van der Waals surface area contributed by atoms with Crippen LogP contribution in [0.2, 0.25) is 0 Å². The van der Waals surface area contributed by atoms with Gasteiger partial charge in [-0.05, 0) is 19.9 Å². The molecule has 1 aliphatic rings. The summed E-state index contributed by atoms with van der Waals surface area (Å²) in [5.41, 5.74) is -1.70. The molecule has 0 bridgehead atoms. The first-order chi connectivity index (χ1) is 8.35. The first-order valence-electron chi connectivity index (χ1n) is 5.46. The number of aromatic nitrogens is 2. The Morgan fingerprint density at radius 3 is 2.72 bits per heavy atom. The average Bonchev–Trinajstić information content (AvgIpc) is 2.86. The van der Waals surface area contributed by atoms with Crippen LogP contribution < -0.4 is 10.6 Å². The van der Waals surface area contributed by atoms with Gasteiger partial charge in [0.05, 0.1) is 0 Å². The number of halogens is 3. The van der Waals surface area contributed by atoms with E-state index in [1.165, 1.54) is 6.07 Å². The number of hydrogen-bond donors (Lipinski definition) is 3. The molecule has 1 fully saturated rings. The highest BCUT2D eigenvalue weighted by atomic mass is 19.4. The van der Waals surface area contributed by atoms with E-state index in [1.54, 1.807) is 6.92 Å². The van der Waals surface area contributed by atoms with Gasteiger partial charge in [0.25, 0.3) is 0 Å². The highest BCUT2D eigenvalue weighted by molar-refractivity contribution is 5.95. The number of hydrogen-bond acceptors (Lipinski definition) is 3. The van der Waals surface area contributed by atoms with Gasteiger partial charge in [-0.1, -0.05) is 0 Å². The molecule has 2 rings (SSSR count). The minimum atomic E-state index is -4.58. The zero-order chi connectivity index (χ0) is 13.4. The Morgan fingerprint density at radius 2 is 2.28 bits per heavy atom. The Balaban J connectivity index is 2.20. The van der Waals surface area contributed by atoms with Crippen molar-refractivity contribution in [2.75, 3.05) is 18.4 Å². The Kier molecular flexibility index (Phi) is 3.05. The van der Waals surface area contributed by atoms with Gasteiger partial charge in [0.1, 0.15) is 0 Å². The predicted octanol–water partition coefficient (Wildman–Crippen LogP) is 1.20. The van der Waals surface area contributed by atoms with Gasteiger partial charge >= 0.3 is 6.18 Å². The van der Waals surface area contributed by atoms with Gasteiger partial charge < -0.3 is 10.6 Å². The lowest BCUT2D eigenvalue weighted by Crippen LogP contribution is -2.49. The van der Waals surface area contributed by atoms with Crippen LogP contribution in [0.3, 0.4) is 0 Å². The van der Waals surface area contributed by atoms with E-state index < -0.39 is 24.0 Å². The molecule has 18 heavy (non-hydrogen) atoms. The van der Waals surface area contributed by atoms with Crippen molar-refractivity contribution in [1.82, 2.24) is 15.5 Å². The second kappa shape index (κ2) is 4.27. The number of nitrogens with zero attached hydrogens (tertiary/aromatic N) is 1. The topological polar surface area (TPSA) is 69.8 Å². The first kappa shape index (κ1) is 12.9. The van der Waals surface area contributed by atoms with Crippen molar-refractivity contribution in [3.63, 3.8) is 0 Å². The molecule has 3 N–H and O–H groups in total. The van der Waals surface area contributed by atoms with Crippen molar-refractivity contribution < 1.29 is 18.0 Å². The first-order valence-corrected chi connectivity index (χ1v) is 5.46. The molecule has 1 amide bonds. The Labute approximate surface area is 101 Å². The summed E-state index contributed by atoms with van der Waals surface area (Å²) in [7, 11) is 0. The van der Waals surface area contributed by atoms with Crippen LogP contribution in [-0.4, -0.2) is 35.4 Å². The van der Waals surface area contributed by atoms with E-state index in [-0.39, 0.29) is 18.8 Å². The minimum absolute atomic E-state index is 0.105. The van der Waals surface area contributed by atoms with Crippen molar-refractivity contribution in [3.8, 4) is 0 Å². The number of H-pyrrole nitrogens is 1. The molecule has 0 radical (unpaired) electrons. The largest absolute Gasteiger partial charge is 0.404 e. The van der Waals surface area contributed by atoms with Crippen LogP contribution in [-0.2, 0) is 4.79 Å². The lowest BCUT2D eigenvalue weighted by atomic mass is 9.85. The van der Waals surface area contributed by atoms with E-state index in [0.29, 0.717) is 5.69 Å². The Bertz CT molecular complexity index is 448. The third kappa shape index (κ3) is 2.07. The summed E-state index contributed by atoms with van der Waals surface area (Å²) < 4.78 is 39.1. The van der Waals surface area contributed by atoms with Crippen LogP contribution in [0.15, 0.2) is 6.07 Å². The monoisotopic (exact) mass is 262 g/mol. The number of carbonyl (C=O) groups excluding carboxylic acids is 1. The zero-order valence-electron chi connectivity index (χ0n) is 9.69. The fourth-order valence-corrected chi connectivity index (χ4v) is 1.97. The standard InChI is InChI=1S/C10H13F3N4O/c1-6-4-7(17-16-6)15-8(18)9(10(11,12)13)2-3-14-5-9/h4,14H,2-3,5H2,1H3,(H2,15,16,17,18). The highest BCUT2D eigenvalue weighted by Gasteiger charge is 2.61. The van der Waals surface area contributed by atoms with Crippen LogP contribution in [0, 0.1) is 12.3 Å². The van der Waals surface area contributed by atoms with Gasteiger partial charge in [-0.2, -0.15) is 18.3 Å². The van der Waals surface area contributed by atoms with Crippen LogP contribution in [0.25, 0.3) is 0 Å². The number of alkyl halides is 3. The van der Waals surface area contributed by atoms with Crippen LogP contribution >= 0.6 is 0 Å². The summed E-state index contributed by atoms with van der Waals surface area (Å²) in [6.45, 7) is 1.47. The molecule has 1 unspecified atom stereocenters. The van der Waals surface area contributed by atoms with Gasteiger partial charge in [0.2, 0.25) is 5.91 Å². The van der Waals surface area contributed by atoms with Crippen LogP contribution in [0.1, 0.15) is 12.1 Å². The van der Waals surface area contributed by atoms with E-state index in [2.05, 4.69) is 20.8 Å². The number of rotatable bonds is 2. The van der Waals surface area contributed by atoms with Gasteiger partial charge in [0, 0.05) is 18.3 Å². The number of aryl methyl sites for hydroxylation is 1. The van der Waals surface area contributed by atoms with E-state index >= 15 is 0 Å². The summed E-state index contributed by atoms with van der Waals surface area (Å²) in [6, 6.07) is 1.48. The third-order valence-electron chi connectivity index (χ3n) is 3.08. The third-order valence-corrected chi connectivity index (χ3v) is 3.08. The lowest BCUT2D eigenvalue weighted by Gasteiger charge is -2.28. The SMILES string of the molecule is Cc1cc(NC(=O)C2(C(F)(F)F)CCNC2)n[nH]1. The van der Waals surface area contributed by atoms with Crippen molar-refractivity contribution in [3.05, 3.63) is 11.8 Å². The maximum atomic E-state index is 13.0. The van der Waals surface area contributed by atoms with Crippen LogP contribution in [0.5, 0.6) is 0 Å². The molecule has 1 aliphatic heterocycles. The van der Waals surface area contributed by atoms with E-state index in [1.807, 2.05) is 0 Å². The maximum Gasteiger partial charge on any atom is 0.404 e. The van der Waals surface area contributed by atoms with E-state index in [4.69, 9.17) is 0 Å². The smallest absolute Gasteiger partial charge is 0.315 e. The van der Waals surface area contributed by atoms with E-state index in [9.17, 15) is 18.0 Å². The average molecular weight is 262 g/mol. The molecule has 0 saturated carbocycles. The van der Waals surface area contributed by atoms with Gasteiger partial charge in [0.15, 0.2) is 11.2 Å². The number of amides is 1. The normalized spacial score (nSPS) is 24.2. The summed E-state index contributed by atoms with van der Waals surface area (Å²) in [6.07, 6.45) is -4.84. The fourth-order valence-electron chi connectivity index (χ4n) is 1.97. The molecule has 100 valence electrons. The number of nitrogens with one attached hydrogen (secondary N) is 3. The molecule has 1 aromatic heterocycles. The summed E-state index contributed by atoms with van der Waals surface area (Å²) in [5, 5.41) is 11.0. The molecule has 1 atom stereocenters. The predicted molar refractivity (Wildman–Crippen MR) is 57.9 cm³/mol. The molecular weight excluding hydrogens is 249 g/mol. The second-order valence-corrected chi connectivity index (χ2v) is 4.40. The van der Waals surface area contributed by atoms with Gasteiger partial charge in [-0.25, -0.2) is 0 Å². The highest BCUT2D eigenvalue weighted by Crippen LogP contribution is 2.43. The molecule has 0 spiro atoms. The molecule has 8 heteroatoms. The lowest BCUT2D eigenvalue weighted by molar-refractivity contribution is -0.213. The van der Waals surface area contributed by atoms with E-state index in [0.717, 1.165) is 0 Å². The summed E-state index contributed by atoms with van der Waals surface area (Å²) >= 11 is 0. The van der Waals surface area contributed by atoms with Gasteiger partial charge in [-0.3, -0.25) is 9.89 Å². The molecule has 5 nitrogen and oxygen atoms in total.